The molecule has 2 aliphatic heterocycles. The number of Topliss-reactive ketones (excluding diaryl/α,β-unsaturated/α-hetero) is 1. The van der Waals surface area contributed by atoms with Gasteiger partial charge in [-0.25, -0.2) is 0 Å². The molecule has 4 nitrogen and oxygen atoms in total. The largest absolute Gasteiger partial charge is 0.393 e. The van der Waals surface area contributed by atoms with Crippen LogP contribution in [0.5, 0.6) is 0 Å². The van der Waals surface area contributed by atoms with Crippen molar-refractivity contribution >= 4 is 5.78 Å². The Morgan fingerprint density at radius 2 is 1.64 bits per heavy atom. The number of hydrogen-bond donors (Lipinski definition) is 1. The van der Waals surface area contributed by atoms with Crippen molar-refractivity contribution in [1.29, 1.82) is 0 Å². The van der Waals surface area contributed by atoms with Gasteiger partial charge in [-0.05, 0) is 59.0 Å². The van der Waals surface area contributed by atoms with E-state index < -0.39 is 0 Å². The van der Waals surface area contributed by atoms with E-state index in [1.807, 2.05) is 13.8 Å². The summed E-state index contributed by atoms with van der Waals surface area (Å²) in [6.45, 7) is 15.2. The zero-order valence-electron chi connectivity index (χ0n) is 15.5. The van der Waals surface area contributed by atoms with Gasteiger partial charge in [-0.1, -0.05) is 20.8 Å². The Kier molecular flexibility index (Phi) is 12.8. The molecule has 2 rings (SSSR count). The van der Waals surface area contributed by atoms with Crippen molar-refractivity contribution in [3.8, 4) is 0 Å². The van der Waals surface area contributed by atoms with Crippen molar-refractivity contribution in [3.05, 3.63) is 0 Å². The molecule has 1 unspecified atom stereocenters. The fourth-order valence-electron chi connectivity index (χ4n) is 2.83. The third-order valence-corrected chi connectivity index (χ3v) is 4.36. The van der Waals surface area contributed by atoms with E-state index in [0.29, 0.717) is 6.54 Å². The lowest BCUT2D eigenvalue weighted by molar-refractivity contribution is -0.118. The molecule has 1 N–H and O–H groups in total. The molecule has 2 saturated heterocycles. The topological polar surface area (TPSA) is 43.8 Å². The SMILES string of the molecule is CC.CC(=O)CN1CCC(O)CC1.CCC(C)N1CCCC1. The van der Waals surface area contributed by atoms with E-state index in [9.17, 15) is 4.79 Å². The van der Waals surface area contributed by atoms with Crippen molar-refractivity contribution in [2.75, 3.05) is 32.7 Å². The van der Waals surface area contributed by atoms with Gasteiger partial charge in [0.2, 0.25) is 0 Å². The molecule has 0 aromatic rings. The Labute approximate surface area is 137 Å². The van der Waals surface area contributed by atoms with Crippen molar-refractivity contribution in [2.24, 2.45) is 0 Å². The van der Waals surface area contributed by atoms with Crippen LogP contribution in [-0.4, -0.2) is 65.6 Å². The normalized spacial score (nSPS) is 21.4. The molecule has 2 heterocycles. The average Bonchev–Trinajstić information content (AvgIpc) is 3.05. The fraction of sp³-hybridized carbons (Fsp3) is 0.944. The van der Waals surface area contributed by atoms with Crippen LogP contribution < -0.4 is 0 Å². The van der Waals surface area contributed by atoms with E-state index in [4.69, 9.17) is 5.11 Å². The van der Waals surface area contributed by atoms with Gasteiger partial charge in [-0.15, -0.1) is 0 Å². The summed E-state index contributed by atoms with van der Waals surface area (Å²) in [6, 6.07) is 0.826. The lowest BCUT2D eigenvalue weighted by Gasteiger charge is -2.28. The molecule has 1 atom stereocenters. The van der Waals surface area contributed by atoms with E-state index in [2.05, 4.69) is 23.6 Å². The third-order valence-electron chi connectivity index (χ3n) is 4.36. The second-order valence-electron chi connectivity index (χ2n) is 6.21. The highest BCUT2D eigenvalue weighted by Gasteiger charge is 2.17. The van der Waals surface area contributed by atoms with Crippen LogP contribution in [-0.2, 0) is 4.79 Å². The molecule has 0 spiro atoms. The molecule has 4 heteroatoms. The van der Waals surface area contributed by atoms with Crippen LogP contribution >= 0.6 is 0 Å². The fourth-order valence-corrected chi connectivity index (χ4v) is 2.83. The quantitative estimate of drug-likeness (QED) is 0.866. The number of nitrogens with zero attached hydrogens (tertiary/aromatic N) is 2. The van der Waals surface area contributed by atoms with Gasteiger partial charge in [0, 0.05) is 19.1 Å². The van der Waals surface area contributed by atoms with Crippen LogP contribution in [0.15, 0.2) is 0 Å². The Bertz CT molecular complexity index is 270. The number of carbonyl (C=O) groups is 1. The second-order valence-corrected chi connectivity index (χ2v) is 6.21. The van der Waals surface area contributed by atoms with Gasteiger partial charge in [0.15, 0.2) is 0 Å². The smallest absolute Gasteiger partial charge is 0.143 e. The predicted octanol–water partition coefficient (Wildman–Crippen LogP) is 2.94. The summed E-state index contributed by atoms with van der Waals surface area (Å²) in [7, 11) is 0. The summed E-state index contributed by atoms with van der Waals surface area (Å²) in [5.41, 5.74) is 0. The molecule has 0 aromatic heterocycles. The first kappa shape index (κ1) is 21.6. The lowest BCUT2D eigenvalue weighted by atomic mass is 10.1. The van der Waals surface area contributed by atoms with Crippen molar-refractivity contribution < 1.29 is 9.90 Å². The Balaban J connectivity index is 0.000000366. The Hall–Kier alpha value is -0.450. The van der Waals surface area contributed by atoms with Crippen LogP contribution in [0.4, 0.5) is 0 Å². The first-order valence-electron chi connectivity index (χ1n) is 9.16. The molecular weight excluding hydrogens is 276 g/mol. The van der Waals surface area contributed by atoms with Gasteiger partial charge < -0.3 is 10.0 Å². The maximum absolute atomic E-state index is 10.7. The summed E-state index contributed by atoms with van der Waals surface area (Å²) < 4.78 is 0. The van der Waals surface area contributed by atoms with Crippen LogP contribution in [0.3, 0.4) is 0 Å². The number of aliphatic hydroxyl groups is 1. The van der Waals surface area contributed by atoms with Crippen molar-refractivity contribution in [2.45, 2.75) is 78.9 Å². The third kappa shape index (κ3) is 9.54. The molecular formula is C18H38N2O2. The number of likely N-dealkylation sites (tertiary alicyclic amines) is 2. The minimum Gasteiger partial charge on any atom is -0.393 e. The number of piperidine rings is 1. The van der Waals surface area contributed by atoms with Gasteiger partial charge in [0.1, 0.15) is 5.78 Å². The molecule has 0 aromatic carbocycles. The molecule has 0 amide bonds. The highest BCUT2D eigenvalue weighted by Crippen LogP contribution is 2.12. The lowest BCUT2D eigenvalue weighted by Crippen LogP contribution is -2.38. The van der Waals surface area contributed by atoms with Crippen LogP contribution in [0.1, 0.15) is 66.7 Å². The number of carbonyl (C=O) groups excluding carboxylic acids is 1. The molecule has 2 fully saturated rings. The molecule has 0 bridgehead atoms. The second kappa shape index (κ2) is 13.0. The maximum Gasteiger partial charge on any atom is 0.143 e. The molecule has 132 valence electrons. The number of rotatable bonds is 4. The van der Waals surface area contributed by atoms with Crippen LogP contribution in [0.2, 0.25) is 0 Å². The molecule has 0 saturated carbocycles. The molecule has 0 radical (unpaired) electrons. The maximum atomic E-state index is 10.7. The monoisotopic (exact) mass is 314 g/mol. The summed E-state index contributed by atoms with van der Waals surface area (Å²) in [4.78, 5) is 15.4. The van der Waals surface area contributed by atoms with Gasteiger partial charge in [-0.3, -0.25) is 9.69 Å². The van der Waals surface area contributed by atoms with E-state index >= 15 is 0 Å². The van der Waals surface area contributed by atoms with E-state index in [1.165, 1.54) is 32.4 Å². The standard InChI is InChI=1S/C8H15NO2.C8H17N.C2H6/c1-7(10)6-9-4-2-8(11)3-5-9;1-3-8(2)9-6-4-5-7-9;1-2/h8,11H,2-6H2,1H3;8H,3-7H2,1-2H3;1-2H3. The molecule has 2 aliphatic rings. The first-order chi connectivity index (χ1) is 10.5. The molecule has 22 heavy (non-hydrogen) atoms. The zero-order chi connectivity index (χ0) is 17.0. The summed E-state index contributed by atoms with van der Waals surface area (Å²) in [5, 5.41) is 9.15. The van der Waals surface area contributed by atoms with Crippen LogP contribution in [0, 0.1) is 0 Å². The number of aliphatic hydroxyl groups excluding tert-OH is 1. The highest BCUT2D eigenvalue weighted by atomic mass is 16.3. The van der Waals surface area contributed by atoms with Gasteiger partial charge in [0.05, 0.1) is 12.6 Å². The minimum absolute atomic E-state index is 0.141. The number of hydrogen-bond acceptors (Lipinski definition) is 4. The Morgan fingerprint density at radius 3 is 2.05 bits per heavy atom. The van der Waals surface area contributed by atoms with Crippen LogP contribution in [0.25, 0.3) is 0 Å². The Morgan fingerprint density at radius 1 is 1.14 bits per heavy atom. The minimum atomic E-state index is -0.141. The van der Waals surface area contributed by atoms with Gasteiger partial charge >= 0.3 is 0 Å². The zero-order valence-corrected chi connectivity index (χ0v) is 15.5. The summed E-state index contributed by atoms with van der Waals surface area (Å²) in [5.74, 6) is 0.210. The van der Waals surface area contributed by atoms with Gasteiger partial charge in [-0.2, -0.15) is 0 Å². The van der Waals surface area contributed by atoms with E-state index in [-0.39, 0.29) is 11.9 Å². The number of ketones is 1. The van der Waals surface area contributed by atoms with Crippen molar-refractivity contribution in [1.82, 2.24) is 9.80 Å². The first-order valence-corrected chi connectivity index (χ1v) is 9.16. The summed E-state index contributed by atoms with van der Waals surface area (Å²) in [6.07, 6.45) is 5.63. The molecule has 0 aliphatic carbocycles. The van der Waals surface area contributed by atoms with E-state index in [0.717, 1.165) is 32.0 Å². The summed E-state index contributed by atoms with van der Waals surface area (Å²) >= 11 is 0. The van der Waals surface area contributed by atoms with Crippen molar-refractivity contribution in [3.63, 3.8) is 0 Å². The predicted molar refractivity (Wildman–Crippen MR) is 94.3 cm³/mol. The highest BCUT2D eigenvalue weighted by molar-refractivity contribution is 5.77. The average molecular weight is 315 g/mol. The van der Waals surface area contributed by atoms with Gasteiger partial charge in [0.25, 0.3) is 0 Å². The van der Waals surface area contributed by atoms with E-state index in [1.54, 1.807) is 6.92 Å².